The maximum Gasteiger partial charge on any atom is 0.0563 e. The van der Waals surface area contributed by atoms with Gasteiger partial charge < -0.3 is 16.5 Å². The van der Waals surface area contributed by atoms with E-state index in [1.807, 2.05) is 0 Å². The van der Waals surface area contributed by atoms with Gasteiger partial charge in [-0.25, -0.2) is 0 Å². The maximum absolute atomic E-state index is 8.52. The molecule has 0 saturated carbocycles. The third kappa shape index (κ3) is 2610. The first-order chi connectivity index (χ1) is 3.73. The fraction of sp³-hybridized carbons (Fsp3) is 0.875. The molecule has 0 aromatic rings. The first-order valence-corrected chi connectivity index (χ1v) is 3.22. The quantitative estimate of drug-likeness (QED) is 0.483. The van der Waals surface area contributed by atoms with Crippen molar-refractivity contribution in [2.75, 3.05) is 0 Å². The van der Waals surface area contributed by atoms with Crippen LogP contribution in [0.3, 0.4) is 0 Å². The first kappa shape index (κ1) is 22.6. The number of hydrogen-bond donors (Lipinski definition) is 1. The van der Waals surface area contributed by atoms with E-state index < -0.39 is 5.60 Å². The molecule has 0 heterocycles. The van der Waals surface area contributed by atoms with E-state index in [0.717, 1.165) is 0 Å². The third-order valence-corrected chi connectivity index (χ3v) is 0. The molecule has 0 amide bonds. The molecular weight excluding hydrogens is 193 g/mol. The largest absolute Gasteiger partial charge is 0.412 e. The van der Waals surface area contributed by atoms with Crippen LogP contribution in [0.4, 0.5) is 0 Å². The van der Waals surface area contributed by atoms with Crippen molar-refractivity contribution >= 4 is 0 Å². The summed E-state index contributed by atoms with van der Waals surface area (Å²) in [5.41, 5.74) is -0.500. The second-order valence-corrected chi connectivity index (χ2v) is 3.67. The van der Waals surface area contributed by atoms with Gasteiger partial charge in [-0.05, 0) is 20.8 Å². The second kappa shape index (κ2) is 10.5. The molecule has 0 spiro atoms. The van der Waals surface area contributed by atoms with E-state index in [9.17, 15) is 0 Å². The van der Waals surface area contributed by atoms with E-state index in [2.05, 4.69) is 20.8 Å². The summed E-state index contributed by atoms with van der Waals surface area (Å²) in [6.45, 7) is 11.5. The Morgan fingerprint density at radius 2 is 1.00 bits per heavy atom. The zero-order chi connectivity index (χ0) is 8.08. The predicted molar refractivity (Wildman–Crippen MR) is 45.9 cm³/mol. The van der Waals surface area contributed by atoms with Gasteiger partial charge in [0.1, 0.15) is 0 Å². The molecule has 0 radical (unpaired) electrons. The van der Waals surface area contributed by atoms with Gasteiger partial charge in [-0.2, -0.15) is 20.8 Å². The SMILES string of the molecule is CC(C)(C)O.C[C-](C)C.O.[Zn]. The van der Waals surface area contributed by atoms with Gasteiger partial charge in [0.25, 0.3) is 0 Å². The fourth-order valence-electron chi connectivity index (χ4n) is 0. The number of aliphatic hydroxyl groups is 1. The molecule has 0 aliphatic carbocycles. The van der Waals surface area contributed by atoms with Crippen molar-refractivity contribution in [3.63, 3.8) is 0 Å². The monoisotopic (exact) mass is 213 g/mol. The van der Waals surface area contributed by atoms with Crippen molar-refractivity contribution < 1.29 is 30.1 Å². The Labute approximate surface area is 83.5 Å². The van der Waals surface area contributed by atoms with E-state index in [0.29, 0.717) is 0 Å². The minimum atomic E-state index is -0.500. The minimum Gasteiger partial charge on any atom is -0.412 e. The van der Waals surface area contributed by atoms with Gasteiger partial charge in [-0.3, -0.25) is 0 Å². The molecule has 0 bridgehead atoms. The topological polar surface area (TPSA) is 51.7 Å². The summed E-state index contributed by atoms with van der Waals surface area (Å²) in [4.78, 5) is 0. The van der Waals surface area contributed by atoms with Crippen LogP contribution in [0.1, 0.15) is 41.5 Å². The van der Waals surface area contributed by atoms with Crippen molar-refractivity contribution in [1.29, 1.82) is 0 Å². The Hall–Kier alpha value is 0.543. The van der Waals surface area contributed by atoms with Crippen molar-refractivity contribution in [2.24, 2.45) is 0 Å². The van der Waals surface area contributed by atoms with Crippen molar-refractivity contribution in [2.45, 2.75) is 47.1 Å². The Bertz CT molecular complexity index is 48.8. The van der Waals surface area contributed by atoms with Gasteiger partial charge in [0.05, 0.1) is 5.60 Å². The van der Waals surface area contributed by atoms with Crippen LogP contribution >= 0.6 is 0 Å². The van der Waals surface area contributed by atoms with Crippen LogP contribution in [0.5, 0.6) is 0 Å². The van der Waals surface area contributed by atoms with Crippen molar-refractivity contribution in [3.05, 3.63) is 5.92 Å². The summed E-state index contributed by atoms with van der Waals surface area (Å²) >= 11 is 0. The molecule has 0 unspecified atom stereocenters. The normalized spacial score (nSPS) is 8.73. The van der Waals surface area contributed by atoms with E-state index in [1.165, 1.54) is 5.92 Å². The molecule has 0 aromatic carbocycles. The van der Waals surface area contributed by atoms with Gasteiger partial charge in [0.2, 0.25) is 0 Å². The van der Waals surface area contributed by atoms with Crippen LogP contribution in [0.2, 0.25) is 0 Å². The molecule has 0 rings (SSSR count). The average molecular weight is 215 g/mol. The molecule has 2 nitrogen and oxygen atoms in total. The molecule has 68 valence electrons. The summed E-state index contributed by atoms with van der Waals surface area (Å²) in [5.74, 6) is 1.42. The zero-order valence-electron chi connectivity index (χ0n) is 8.65. The van der Waals surface area contributed by atoms with Crippen molar-refractivity contribution in [1.82, 2.24) is 0 Å². The Kier molecular flexibility index (Phi) is 21.6. The van der Waals surface area contributed by atoms with Crippen LogP contribution in [0.15, 0.2) is 0 Å². The smallest absolute Gasteiger partial charge is 0.0563 e. The Morgan fingerprint density at radius 3 is 1.00 bits per heavy atom. The van der Waals surface area contributed by atoms with Gasteiger partial charge in [-0.15, -0.1) is 0 Å². The van der Waals surface area contributed by atoms with E-state index in [1.54, 1.807) is 20.8 Å². The third-order valence-electron chi connectivity index (χ3n) is 0. The molecular formula is C8H21O2Zn-. The van der Waals surface area contributed by atoms with Crippen LogP contribution in [-0.2, 0) is 19.5 Å². The summed E-state index contributed by atoms with van der Waals surface area (Å²) in [5, 5.41) is 8.52. The predicted octanol–water partition coefficient (Wildman–Crippen LogP) is 1.57. The Morgan fingerprint density at radius 1 is 1.00 bits per heavy atom. The van der Waals surface area contributed by atoms with Gasteiger partial charge >= 0.3 is 0 Å². The summed E-state index contributed by atoms with van der Waals surface area (Å²) in [6, 6.07) is 0. The molecule has 3 heteroatoms. The second-order valence-electron chi connectivity index (χ2n) is 3.67. The molecule has 3 N–H and O–H groups in total. The maximum atomic E-state index is 8.52. The molecule has 0 atom stereocenters. The Balaban J connectivity index is -0.0000000383. The van der Waals surface area contributed by atoms with Crippen LogP contribution in [0.25, 0.3) is 0 Å². The van der Waals surface area contributed by atoms with Crippen LogP contribution in [0, 0.1) is 5.92 Å². The number of hydrogen-bond acceptors (Lipinski definition) is 1. The first-order valence-electron chi connectivity index (χ1n) is 3.22. The van der Waals surface area contributed by atoms with Gasteiger partial charge in [-0.1, -0.05) is 0 Å². The molecule has 0 aliphatic heterocycles. The van der Waals surface area contributed by atoms with Crippen LogP contribution < -0.4 is 0 Å². The standard InChI is InChI=1S/C4H10O.C4H9.H2O.Zn/c1-4(2,3)5;1-4(2)3;;/h5H,1-3H3;1-3H3;1H2;/q;-1;;. The molecule has 0 fully saturated rings. The average Bonchev–Trinajstić information content (AvgIpc) is 1.19. The fourth-order valence-corrected chi connectivity index (χ4v) is 0. The van der Waals surface area contributed by atoms with E-state index in [-0.39, 0.29) is 25.0 Å². The van der Waals surface area contributed by atoms with Crippen LogP contribution in [-0.4, -0.2) is 16.2 Å². The summed E-state index contributed by atoms with van der Waals surface area (Å²) in [6.07, 6.45) is 0. The van der Waals surface area contributed by atoms with Gasteiger partial charge in [0, 0.05) is 19.5 Å². The van der Waals surface area contributed by atoms with Gasteiger partial charge in [0.15, 0.2) is 0 Å². The minimum absolute atomic E-state index is 0. The van der Waals surface area contributed by atoms with E-state index >= 15 is 0 Å². The van der Waals surface area contributed by atoms with E-state index in [4.69, 9.17) is 5.11 Å². The molecule has 0 saturated heterocycles. The zero-order valence-corrected chi connectivity index (χ0v) is 11.6. The number of rotatable bonds is 0. The molecule has 0 aliphatic rings. The van der Waals surface area contributed by atoms with Crippen molar-refractivity contribution in [3.8, 4) is 0 Å². The molecule has 11 heavy (non-hydrogen) atoms. The molecule has 0 aromatic heterocycles. The summed E-state index contributed by atoms with van der Waals surface area (Å²) in [7, 11) is 0. The summed E-state index contributed by atoms with van der Waals surface area (Å²) < 4.78 is 0.